The van der Waals surface area contributed by atoms with E-state index in [-0.39, 0.29) is 17.9 Å². The maximum atomic E-state index is 12.5. The van der Waals surface area contributed by atoms with Crippen molar-refractivity contribution in [1.29, 1.82) is 0 Å². The highest BCUT2D eigenvalue weighted by Crippen LogP contribution is 2.59. The number of carbonyl (C=O) groups excluding carboxylic acids is 1. The van der Waals surface area contributed by atoms with Gasteiger partial charge < -0.3 is 5.32 Å². The van der Waals surface area contributed by atoms with Crippen molar-refractivity contribution in [2.24, 2.45) is 23.2 Å². The summed E-state index contributed by atoms with van der Waals surface area (Å²) in [6, 6.07) is 0.895. The largest absolute Gasteiger partial charge is 0.435 e. The molecular weight excluding hydrogens is 319 g/mol. The predicted molar refractivity (Wildman–Crippen MR) is 80.8 cm³/mol. The molecule has 0 saturated heterocycles. The molecule has 1 amide bonds. The number of halogens is 3. The van der Waals surface area contributed by atoms with Gasteiger partial charge in [0.25, 0.3) is 0 Å². The lowest BCUT2D eigenvalue weighted by molar-refractivity contribution is -0.141. The molecule has 24 heavy (non-hydrogen) atoms. The van der Waals surface area contributed by atoms with Crippen LogP contribution in [0.4, 0.5) is 13.2 Å². The lowest BCUT2D eigenvalue weighted by Crippen LogP contribution is -2.51. The van der Waals surface area contributed by atoms with Crippen molar-refractivity contribution >= 4 is 5.91 Å². The van der Waals surface area contributed by atoms with Crippen molar-refractivity contribution in [3.63, 3.8) is 0 Å². The Balaban J connectivity index is 1.33. The van der Waals surface area contributed by atoms with Crippen LogP contribution in [-0.2, 0) is 17.5 Å². The molecule has 4 aliphatic rings. The number of rotatable bonds is 4. The second-order valence-corrected chi connectivity index (χ2v) is 8.09. The minimum absolute atomic E-state index is 0.164. The molecule has 4 aliphatic carbocycles. The van der Waals surface area contributed by atoms with E-state index < -0.39 is 11.9 Å². The smallest absolute Gasteiger partial charge is 0.354 e. The maximum absolute atomic E-state index is 12.5. The zero-order valence-electron chi connectivity index (χ0n) is 13.5. The lowest BCUT2D eigenvalue weighted by atomic mass is 9.49. The Morgan fingerprint density at radius 3 is 2.29 bits per heavy atom. The Bertz CT molecular complexity index is 602. The van der Waals surface area contributed by atoms with Gasteiger partial charge in [-0.05, 0) is 67.8 Å². The SMILES string of the molecule is O=C(Cn1ccc(C(F)(F)F)n1)NCC12CC3CC(CC(C3)C1)C2. The normalized spacial score (nSPS) is 34.5. The summed E-state index contributed by atoms with van der Waals surface area (Å²) in [5, 5.41) is 6.38. The molecule has 1 aromatic heterocycles. The van der Waals surface area contributed by atoms with Crippen LogP contribution in [0.3, 0.4) is 0 Å². The van der Waals surface area contributed by atoms with Crippen LogP contribution in [0.2, 0.25) is 0 Å². The summed E-state index contributed by atoms with van der Waals surface area (Å²) in [7, 11) is 0. The van der Waals surface area contributed by atoms with E-state index in [1.165, 1.54) is 44.7 Å². The number of hydrogen-bond donors (Lipinski definition) is 1. The van der Waals surface area contributed by atoms with Crippen molar-refractivity contribution in [3.8, 4) is 0 Å². The zero-order valence-corrected chi connectivity index (χ0v) is 13.5. The van der Waals surface area contributed by atoms with Crippen LogP contribution in [-0.4, -0.2) is 22.2 Å². The molecule has 0 spiro atoms. The minimum atomic E-state index is -4.47. The average Bonchev–Trinajstić information content (AvgIpc) is 2.92. The number of nitrogens with one attached hydrogen (secondary N) is 1. The molecule has 4 nitrogen and oxygen atoms in total. The summed E-state index contributed by atoms with van der Waals surface area (Å²) in [6.07, 6.45) is 4.36. The quantitative estimate of drug-likeness (QED) is 0.914. The highest BCUT2D eigenvalue weighted by Gasteiger charge is 2.50. The molecule has 1 heterocycles. The summed E-state index contributed by atoms with van der Waals surface area (Å²) < 4.78 is 38.7. The van der Waals surface area contributed by atoms with Gasteiger partial charge in [0, 0.05) is 12.7 Å². The lowest BCUT2D eigenvalue weighted by Gasteiger charge is -2.56. The van der Waals surface area contributed by atoms with Gasteiger partial charge in [-0.1, -0.05) is 0 Å². The summed E-state index contributed by atoms with van der Waals surface area (Å²) in [4.78, 5) is 12.1. The number of nitrogens with zero attached hydrogens (tertiary/aromatic N) is 2. The van der Waals surface area contributed by atoms with Crippen LogP contribution < -0.4 is 5.32 Å². The second kappa shape index (κ2) is 5.49. The second-order valence-electron chi connectivity index (χ2n) is 8.09. The van der Waals surface area contributed by atoms with Crippen molar-refractivity contribution in [2.45, 2.75) is 51.2 Å². The molecule has 1 aromatic rings. The van der Waals surface area contributed by atoms with Gasteiger partial charge in [0.15, 0.2) is 5.69 Å². The minimum Gasteiger partial charge on any atom is -0.354 e. The molecular formula is C17H22F3N3O. The fraction of sp³-hybridized carbons (Fsp3) is 0.765. The van der Waals surface area contributed by atoms with E-state index >= 15 is 0 Å². The first-order valence-corrected chi connectivity index (χ1v) is 8.69. The summed E-state index contributed by atoms with van der Waals surface area (Å²) >= 11 is 0. The van der Waals surface area contributed by atoms with Gasteiger partial charge >= 0.3 is 6.18 Å². The van der Waals surface area contributed by atoms with Crippen molar-refractivity contribution in [2.75, 3.05) is 6.54 Å². The number of hydrogen-bond acceptors (Lipinski definition) is 2. The Morgan fingerprint density at radius 2 is 1.79 bits per heavy atom. The third-order valence-electron chi connectivity index (χ3n) is 6.06. The van der Waals surface area contributed by atoms with Gasteiger partial charge in [0.2, 0.25) is 5.91 Å². The molecule has 0 radical (unpaired) electrons. The van der Waals surface area contributed by atoms with E-state index in [2.05, 4.69) is 10.4 Å². The van der Waals surface area contributed by atoms with Crippen LogP contribution in [0.25, 0.3) is 0 Å². The maximum Gasteiger partial charge on any atom is 0.435 e. The van der Waals surface area contributed by atoms with Crippen LogP contribution in [0.1, 0.15) is 44.2 Å². The monoisotopic (exact) mass is 341 g/mol. The Kier molecular flexibility index (Phi) is 3.65. The first kappa shape index (κ1) is 16.0. The third kappa shape index (κ3) is 3.05. The Morgan fingerprint density at radius 1 is 1.21 bits per heavy atom. The van der Waals surface area contributed by atoms with Gasteiger partial charge in [-0.15, -0.1) is 0 Å². The molecule has 4 fully saturated rings. The van der Waals surface area contributed by atoms with Gasteiger partial charge in [-0.3, -0.25) is 9.48 Å². The molecule has 1 N–H and O–H groups in total. The zero-order chi connectivity index (χ0) is 16.9. The van der Waals surface area contributed by atoms with Crippen LogP contribution in [0.5, 0.6) is 0 Å². The number of aromatic nitrogens is 2. The van der Waals surface area contributed by atoms with Crippen LogP contribution in [0, 0.1) is 23.2 Å². The van der Waals surface area contributed by atoms with Crippen molar-refractivity contribution in [1.82, 2.24) is 15.1 Å². The van der Waals surface area contributed by atoms with Gasteiger partial charge in [-0.2, -0.15) is 18.3 Å². The highest BCUT2D eigenvalue weighted by atomic mass is 19.4. The van der Waals surface area contributed by atoms with Gasteiger partial charge in [-0.25, -0.2) is 0 Å². The Labute approximate surface area is 138 Å². The third-order valence-corrected chi connectivity index (χ3v) is 6.06. The molecule has 5 rings (SSSR count). The van der Waals surface area contributed by atoms with E-state index in [9.17, 15) is 18.0 Å². The summed E-state index contributed by atoms with van der Waals surface area (Å²) in [5.41, 5.74) is -0.734. The number of alkyl halides is 3. The van der Waals surface area contributed by atoms with Gasteiger partial charge in [0.1, 0.15) is 6.54 Å². The first-order chi connectivity index (χ1) is 11.3. The van der Waals surface area contributed by atoms with Gasteiger partial charge in [0.05, 0.1) is 0 Å². The standard InChI is InChI=1S/C17H22F3N3O/c18-17(19,20)14-1-2-23(22-14)9-15(24)21-10-16-6-11-3-12(7-16)5-13(4-11)8-16/h1-2,11-13H,3-10H2,(H,21,24). The summed E-state index contributed by atoms with van der Waals surface area (Å²) in [5.74, 6) is 2.18. The fourth-order valence-corrected chi connectivity index (χ4v) is 5.60. The van der Waals surface area contributed by atoms with E-state index in [0.29, 0.717) is 6.54 Å². The number of amides is 1. The molecule has 0 aliphatic heterocycles. The van der Waals surface area contributed by atoms with Crippen LogP contribution in [0.15, 0.2) is 12.3 Å². The molecule has 0 atom stereocenters. The highest BCUT2D eigenvalue weighted by molar-refractivity contribution is 5.75. The Hall–Kier alpha value is -1.53. The van der Waals surface area contributed by atoms with E-state index in [0.717, 1.165) is 28.5 Å². The molecule has 132 valence electrons. The predicted octanol–water partition coefficient (Wildman–Crippen LogP) is 3.23. The fourth-order valence-electron chi connectivity index (χ4n) is 5.60. The van der Waals surface area contributed by atoms with Crippen molar-refractivity contribution < 1.29 is 18.0 Å². The van der Waals surface area contributed by atoms with Crippen molar-refractivity contribution in [3.05, 3.63) is 18.0 Å². The average molecular weight is 341 g/mol. The molecule has 0 aromatic carbocycles. The topological polar surface area (TPSA) is 46.9 Å². The van der Waals surface area contributed by atoms with E-state index in [1.807, 2.05) is 0 Å². The summed E-state index contributed by atoms with van der Waals surface area (Å²) in [6.45, 7) is 0.491. The molecule has 4 bridgehead atoms. The molecule has 4 saturated carbocycles. The first-order valence-electron chi connectivity index (χ1n) is 8.69. The number of carbonyl (C=O) groups is 1. The molecule has 7 heteroatoms. The van der Waals surface area contributed by atoms with E-state index in [4.69, 9.17) is 0 Å². The van der Waals surface area contributed by atoms with E-state index in [1.54, 1.807) is 0 Å². The molecule has 0 unspecified atom stereocenters. The van der Waals surface area contributed by atoms with Crippen LogP contribution >= 0.6 is 0 Å².